The molecule has 2 aromatic heterocycles. The van der Waals surface area contributed by atoms with Crippen molar-refractivity contribution in [2.45, 2.75) is 20.8 Å². The number of carbonyl (C=O) groups excluding carboxylic acids is 1. The van der Waals surface area contributed by atoms with Crippen LogP contribution >= 0.6 is 11.6 Å². The molecule has 0 aliphatic rings. The molecule has 5 nitrogen and oxygen atoms in total. The Morgan fingerprint density at radius 1 is 1.10 bits per heavy atom. The van der Waals surface area contributed by atoms with E-state index in [1.54, 1.807) is 34.8 Å². The molecule has 7 heteroatoms. The highest BCUT2D eigenvalue weighted by atomic mass is 35.5. The molecule has 0 atom stereocenters. The number of anilines is 1. The molecule has 0 spiro atoms. The summed E-state index contributed by atoms with van der Waals surface area (Å²) in [6.45, 7) is 5.52. The molecular weight excluding hydrogens is 391 g/mol. The van der Waals surface area contributed by atoms with Crippen LogP contribution in [-0.4, -0.2) is 20.5 Å². The Bertz CT molecular complexity index is 1250. The van der Waals surface area contributed by atoms with Gasteiger partial charge in [-0.05, 0) is 56.2 Å². The zero-order chi connectivity index (χ0) is 20.7. The third-order valence-corrected chi connectivity index (χ3v) is 5.36. The van der Waals surface area contributed by atoms with Gasteiger partial charge in [0, 0.05) is 22.5 Å². The lowest BCUT2D eigenvalue weighted by Crippen LogP contribution is -2.16. The topological polar surface area (TPSA) is 59.3 Å². The van der Waals surface area contributed by atoms with Crippen molar-refractivity contribution in [1.82, 2.24) is 14.6 Å². The predicted octanol–water partition coefficient (Wildman–Crippen LogP) is 5.37. The van der Waals surface area contributed by atoms with Crippen LogP contribution in [0.4, 0.5) is 10.1 Å². The quantitative estimate of drug-likeness (QED) is 0.496. The van der Waals surface area contributed by atoms with E-state index in [1.807, 2.05) is 20.8 Å². The molecule has 0 aliphatic heterocycles. The molecule has 4 aromatic rings. The molecule has 4 rings (SSSR count). The highest BCUT2D eigenvalue weighted by molar-refractivity contribution is 6.31. The number of benzene rings is 2. The number of aryl methyl sites for hydroxylation is 2. The second kappa shape index (κ2) is 7.29. The molecule has 2 heterocycles. The maximum absolute atomic E-state index is 13.3. The van der Waals surface area contributed by atoms with E-state index < -0.39 is 0 Å². The average Bonchev–Trinajstić information content (AvgIpc) is 3.03. The van der Waals surface area contributed by atoms with Gasteiger partial charge in [0.2, 0.25) is 0 Å². The van der Waals surface area contributed by atoms with Crippen molar-refractivity contribution >= 4 is 28.8 Å². The fraction of sp³-hybridized carbons (Fsp3) is 0.136. The molecule has 146 valence electrons. The molecule has 29 heavy (non-hydrogen) atoms. The van der Waals surface area contributed by atoms with Crippen molar-refractivity contribution < 1.29 is 9.18 Å². The summed E-state index contributed by atoms with van der Waals surface area (Å²) in [6.07, 6.45) is 1.54. The number of aromatic nitrogens is 3. The third-order valence-electron chi connectivity index (χ3n) is 4.95. The monoisotopic (exact) mass is 408 g/mol. The number of nitrogens with zero attached hydrogens (tertiary/aromatic N) is 3. The van der Waals surface area contributed by atoms with Gasteiger partial charge in [0.1, 0.15) is 5.82 Å². The smallest absolute Gasteiger partial charge is 0.259 e. The van der Waals surface area contributed by atoms with Gasteiger partial charge in [-0.3, -0.25) is 4.79 Å². The Hall–Kier alpha value is -3.25. The van der Waals surface area contributed by atoms with Gasteiger partial charge in [0.15, 0.2) is 5.65 Å². The van der Waals surface area contributed by atoms with Crippen LogP contribution in [0, 0.1) is 26.6 Å². The molecule has 1 N–H and O–H groups in total. The number of hydrogen-bond acceptors (Lipinski definition) is 3. The number of rotatable bonds is 3. The maximum atomic E-state index is 13.3. The van der Waals surface area contributed by atoms with Gasteiger partial charge in [-0.1, -0.05) is 29.8 Å². The van der Waals surface area contributed by atoms with Crippen molar-refractivity contribution in [2.24, 2.45) is 0 Å². The molecule has 1 amide bonds. The summed E-state index contributed by atoms with van der Waals surface area (Å²) in [5, 5.41) is 8.02. The first kappa shape index (κ1) is 19.1. The van der Waals surface area contributed by atoms with Gasteiger partial charge >= 0.3 is 0 Å². The van der Waals surface area contributed by atoms with E-state index in [2.05, 4.69) is 15.4 Å². The zero-order valence-electron chi connectivity index (χ0n) is 16.1. The van der Waals surface area contributed by atoms with Crippen LogP contribution in [-0.2, 0) is 0 Å². The Balaban J connectivity index is 1.76. The number of halogens is 2. The van der Waals surface area contributed by atoms with E-state index >= 15 is 0 Å². The first-order valence-electron chi connectivity index (χ1n) is 9.04. The first-order valence-corrected chi connectivity index (χ1v) is 9.42. The van der Waals surface area contributed by atoms with E-state index in [9.17, 15) is 9.18 Å². The van der Waals surface area contributed by atoms with Gasteiger partial charge < -0.3 is 5.32 Å². The zero-order valence-corrected chi connectivity index (χ0v) is 16.9. The summed E-state index contributed by atoms with van der Waals surface area (Å²) in [5.41, 5.74) is 5.49. The lowest BCUT2D eigenvalue weighted by Gasteiger charge is -2.11. The summed E-state index contributed by atoms with van der Waals surface area (Å²) in [6, 6.07) is 11.5. The van der Waals surface area contributed by atoms with Gasteiger partial charge in [-0.2, -0.15) is 5.10 Å². The highest BCUT2D eigenvalue weighted by Crippen LogP contribution is 2.29. The summed E-state index contributed by atoms with van der Waals surface area (Å²) in [5.74, 6) is -0.596. The van der Waals surface area contributed by atoms with Gasteiger partial charge in [-0.15, -0.1) is 0 Å². The standard InChI is InChI=1S/C22H18ClFN4O/c1-12-18(23)5-4-6-19(12)26-22(29)17-11-25-21-20(13(2)27-28(21)14(17)3)15-7-9-16(24)10-8-15/h4-11H,1-3H3,(H,26,29). The molecule has 0 bridgehead atoms. The van der Waals surface area contributed by atoms with Crippen LogP contribution in [0.2, 0.25) is 5.02 Å². The molecule has 0 fully saturated rings. The molecule has 0 unspecified atom stereocenters. The Kier molecular flexibility index (Phi) is 4.80. The van der Waals surface area contributed by atoms with E-state index in [-0.39, 0.29) is 11.7 Å². The Morgan fingerprint density at radius 2 is 1.83 bits per heavy atom. The van der Waals surface area contributed by atoms with Crippen LogP contribution in [0.3, 0.4) is 0 Å². The molecular formula is C22H18ClFN4O. The van der Waals surface area contributed by atoms with Crippen molar-refractivity contribution in [3.63, 3.8) is 0 Å². The van der Waals surface area contributed by atoms with E-state index in [1.165, 1.54) is 18.3 Å². The fourth-order valence-electron chi connectivity index (χ4n) is 3.31. The number of amides is 1. The number of nitrogens with one attached hydrogen (secondary N) is 1. The van der Waals surface area contributed by atoms with Crippen molar-refractivity contribution in [1.29, 1.82) is 0 Å². The predicted molar refractivity (Wildman–Crippen MR) is 112 cm³/mol. The maximum Gasteiger partial charge on any atom is 0.259 e. The van der Waals surface area contributed by atoms with Crippen LogP contribution in [0.1, 0.15) is 27.3 Å². The van der Waals surface area contributed by atoms with Crippen molar-refractivity contribution in [3.05, 3.63) is 82.0 Å². The fourth-order valence-corrected chi connectivity index (χ4v) is 3.49. The van der Waals surface area contributed by atoms with Crippen LogP contribution in [0.25, 0.3) is 16.8 Å². The van der Waals surface area contributed by atoms with E-state index in [4.69, 9.17) is 11.6 Å². The van der Waals surface area contributed by atoms with Crippen LogP contribution in [0.5, 0.6) is 0 Å². The summed E-state index contributed by atoms with van der Waals surface area (Å²) in [7, 11) is 0. The van der Waals surface area contributed by atoms with Crippen molar-refractivity contribution in [3.8, 4) is 11.1 Å². The highest BCUT2D eigenvalue weighted by Gasteiger charge is 2.19. The molecule has 0 saturated carbocycles. The lowest BCUT2D eigenvalue weighted by molar-refractivity contribution is 0.102. The molecule has 0 aliphatic carbocycles. The van der Waals surface area contributed by atoms with E-state index in [0.717, 1.165) is 22.4 Å². The van der Waals surface area contributed by atoms with Gasteiger partial charge in [0.05, 0.1) is 17.0 Å². The molecule has 2 aromatic carbocycles. The normalized spacial score (nSPS) is 11.1. The summed E-state index contributed by atoms with van der Waals surface area (Å²) in [4.78, 5) is 17.3. The van der Waals surface area contributed by atoms with Gasteiger partial charge in [0.25, 0.3) is 5.91 Å². The molecule has 0 saturated heterocycles. The van der Waals surface area contributed by atoms with E-state index in [0.29, 0.717) is 27.6 Å². The second-order valence-corrected chi connectivity index (χ2v) is 7.23. The second-order valence-electron chi connectivity index (χ2n) is 6.83. The Morgan fingerprint density at radius 3 is 2.55 bits per heavy atom. The third kappa shape index (κ3) is 3.36. The van der Waals surface area contributed by atoms with Gasteiger partial charge in [-0.25, -0.2) is 13.9 Å². The minimum absolute atomic E-state index is 0.293. The largest absolute Gasteiger partial charge is 0.322 e. The number of fused-ring (bicyclic) bond motifs is 1. The Labute approximate surface area is 172 Å². The minimum Gasteiger partial charge on any atom is -0.322 e. The summed E-state index contributed by atoms with van der Waals surface area (Å²) < 4.78 is 14.9. The number of carbonyl (C=O) groups is 1. The average molecular weight is 409 g/mol. The SMILES string of the molecule is Cc1nn2c(C)c(C(=O)Nc3cccc(Cl)c3C)cnc2c1-c1ccc(F)cc1. The first-order chi connectivity index (χ1) is 13.9. The lowest BCUT2D eigenvalue weighted by atomic mass is 10.1. The van der Waals surface area contributed by atoms with Crippen molar-refractivity contribution in [2.75, 3.05) is 5.32 Å². The van der Waals surface area contributed by atoms with Crippen LogP contribution in [0.15, 0.2) is 48.7 Å². The van der Waals surface area contributed by atoms with Crippen LogP contribution < -0.4 is 5.32 Å². The summed E-state index contributed by atoms with van der Waals surface area (Å²) >= 11 is 6.14. The molecule has 0 radical (unpaired) electrons. The minimum atomic E-state index is -0.303. The number of hydrogen-bond donors (Lipinski definition) is 1.